The molecule has 7 heteroatoms. The van der Waals surface area contributed by atoms with Crippen molar-refractivity contribution in [2.45, 2.75) is 33.4 Å². The summed E-state index contributed by atoms with van der Waals surface area (Å²) in [6.07, 6.45) is 3.50. The number of rotatable bonds is 4. The first-order valence-corrected chi connectivity index (χ1v) is 7.52. The van der Waals surface area contributed by atoms with Gasteiger partial charge in [-0.3, -0.25) is 4.79 Å². The van der Waals surface area contributed by atoms with Gasteiger partial charge in [-0.25, -0.2) is 9.67 Å². The third kappa shape index (κ3) is 3.22. The van der Waals surface area contributed by atoms with E-state index in [0.29, 0.717) is 16.7 Å². The lowest BCUT2D eigenvalue weighted by atomic mass is 10.4. The largest absolute Gasteiger partial charge is 0.378 e. The van der Waals surface area contributed by atoms with Gasteiger partial charge in [0.15, 0.2) is 0 Å². The van der Waals surface area contributed by atoms with E-state index >= 15 is 0 Å². The normalized spacial score (nSPS) is 11.0. The lowest BCUT2D eigenvalue weighted by molar-refractivity contribution is 0.501. The van der Waals surface area contributed by atoms with E-state index in [1.807, 2.05) is 27.0 Å². The summed E-state index contributed by atoms with van der Waals surface area (Å²) < 4.78 is 1.96. The van der Waals surface area contributed by atoms with Gasteiger partial charge in [0.05, 0.1) is 29.5 Å². The fraction of sp³-hybridized carbons (Fsp3) is 0.417. The highest BCUT2D eigenvalue weighted by Gasteiger charge is 2.10. The predicted octanol–water partition coefficient (Wildman–Crippen LogP) is 2.96. The van der Waals surface area contributed by atoms with Crippen molar-refractivity contribution in [1.82, 2.24) is 14.8 Å². The summed E-state index contributed by atoms with van der Waals surface area (Å²) in [4.78, 5) is 17.4. The summed E-state index contributed by atoms with van der Waals surface area (Å²) in [5.74, 6) is 0. The van der Waals surface area contributed by atoms with Crippen LogP contribution < -0.4 is 10.9 Å². The van der Waals surface area contributed by atoms with Crippen LogP contribution in [0.3, 0.4) is 0 Å². The first kappa shape index (κ1) is 14.2. The molecule has 5 nitrogen and oxygen atoms in total. The van der Waals surface area contributed by atoms with Crippen molar-refractivity contribution in [3.63, 3.8) is 0 Å². The molecule has 0 atom stereocenters. The van der Waals surface area contributed by atoms with E-state index in [9.17, 15) is 4.79 Å². The molecule has 1 N–H and O–H groups in total. The molecule has 0 aromatic carbocycles. The summed E-state index contributed by atoms with van der Waals surface area (Å²) in [6, 6.07) is 0.0435. The molecule has 19 heavy (non-hydrogen) atoms. The average molecular weight is 343 g/mol. The zero-order chi connectivity index (χ0) is 14.0. The number of halogens is 1. The topological polar surface area (TPSA) is 59.8 Å². The Morgan fingerprint density at radius 2 is 2.21 bits per heavy atom. The number of nitrogens with zero attached hydrogens (tertiary/aromatic N) is 3. The van der Waals surface area contributed by atoms with Gasteiger partial charge in [0, 0.05) is 11.1 Å². The van der Waals surface area contributed by atoms with E-state index in [4.69, 9.17) is 0 Å². The summed E-state index contributed by atoms with van der Waals surface area (Å²) >= 11 is 4.96. The first-order valence-electron chi connectivity index (χ1n) is 5.91. The maximum absolute atomic E-state index is 12.1. The van der Waals surface area contributed by atoms with Crippen molar-refractivity contribution in [3.05, 3.63) is 37.1 Å². The third-order valence-electron chi connectivity index (χ3n) is 2.55. The Morgan fingerprint density at radius 1 is 1.47 bits per heavy atom. The molecule has 0 aliphatic carbocycles. The highest BCUT2D eigenvalue weighted by molar-refractivity contribution is 9.10. The van der Waals surface area contributed by atoms with Crippen LogP contribution in [0, 0.1) is 6.92 Å². The summed E-state index contributed by atoms with van der Waals surface area (Å²) in [5, 5.41) is 8.38. The zero-order valence-corrected chi connectivity index (χ0v) is 13.4. The van der Waals surface area contributed by atoms with Gasteiger partial charge in [0.1, 0.15) is 4.47 Å². The molecule has 0 saturated carbocycles. The van der Waals surface area contributed by atoms with Crippen molar-refractivity contribution < 1.29 is 0 Å². The monoisotopic (exact) mass is 342 g/mol. The van der Waals surface area contributed by atoms with E-state index in [2.05, 4.69) is 31.3 Å². The second-order valence-electron chi connectivity index (χ2n) is 4.41. The minimum absolute atomic E-state index is 0.0435. The molecular formula is C12H15BrN4OS. The average Bonchev–Trinajstić information content (AvgIpc) is 2.76. The molecule has 0 amide bonds. The van der Waals surface area contributed by atoms with Crippen LogP contribution in [0.5, 0.6) is 0 Å². The molecule has 2 heterocycles. The smallest absolute Gasteiger partial charge is 0.283 e. The van der Waals surface area contributed by atoms with Crippen molar-refractivity contribution in [3.8, 4) is 0 Å². The maximum atomic E-state index is 12.1. The Labute approximate surface area is 123 Å². The fourth-order valence-electron chi connectivity index (χ4n) is 1.61. The second-order valence-corrected chi connectivity index (χ2v) is 6.53. The Morgan fingerprint density at radius 3 is 2.79 bits per heavy atom. The van der Waals surface area contributed by atoms with E-state index in [1.54, 1.807) is 17.5 Å². The second kappa shape index (κ2) is 5.83. The van der Waals surface area contributed by atoms with Crippen LogP contribution in [0.1, 0.15) is 29.8 Å². The van der Waals surface area contributed by atoms with Crippen LogP contribution in [0.2, 0.25) is 0 Å². The van der Waals surface area contributed by atoms with E-state index in [1.165, 1.54) is 4.68 Å². The number of hydrogen-bond acceptors (Lipinski definition) is 5. The summed E-state index contributed by atoms with van der Waals surface area (Å²) in [6.45, 7) is 6.45. The van der Waals surface area contributed by atoms with Crippen molar-refractivity contribution in [1.29, 1.82) is 0 Å². The minimum Gasteiger partial charge on any atom is -0.378 e. The van der Waals surface area contributed by atoms with Gasteiger partial charge in [-0.05, 0) is 36.7 Å². The van der Waals surface area contributed by atoms with Gasteiger partial charge in [-0.1, -0.05) is 0 Å². The summed E-state index contributed by atoms with van der Waals surface area (Å²) in [7, 11) is 0. The summed E-state index contributed by atoms with van der Waals surface area (Å²) in [5.41, 5.74) is 0.577. The zero-order valence-electron chi connectivity index (χ0n) is 11.0. The van der Waals surface area contributed by atoms with E-state index in [-0.39, 0.29) is 11.6 Å². The number of nitrogens with one attached hydrogen (secondary N) is 1. The lowest BCUT2D eigenvalue weighted by Crippen LogP contribution is -2.25. The van der Waals surface area contributed by atoms with Crippen LogP contribution >= 0.6 is 27.3 Å². The molecule has 0 bridgehead atoms. The quantitative estimate of drug-likeness (QED) is 0.927. The molecule has 2 aromatic rings. The van der Waals surface area contributed by atoms with Crippen LogP contribution in [0.4, 0.5) is 5.69 Å². The molecule has 0 unspecified atom stereocenters. The molecule has 0 aliphatic heterocycles. The number of thiazole rings is 1. The number of aryl methyl sites for hydroxylation is 1. The minimum atomic E-state index is -0.125. The molecule has 0 saturated heterocycles. The van der Waals surface area contributed by atoms with E-state index < -0.39 is 0 Å². The van der Waals surface area contributed by atoms with Crippen LogP contribution in [-0.4, -0.2) is 14.8 Å². The molecule has 102 valence electrons. The third-order valence-corrected chi connectivity index (χ3v) is 4.23. The molecule has 0 radical (unpaired) electrons. The molecule has 2 rings (SSSR count). The SMILES string of the molecule is Cc1ncc(CNc2cnn(C(C)C)c(=O)c2Br)s1. The van der Waals surface area contributed by atoms with Gasteiger partial charge in [0.25, 0.3) is 5.56 Å². The van der Waals surface area contributed by atoms with Crippen LogP contribution in [-0.2, 0) is 6.54 Å². The molecule has 0 aliphatic rings. The Bertz CT molecular complexity index is 635. The van der Waals surface area contributed by atoms with Gasteiger partial charge >= 0.3 is 0 Å². The maximum Gasteiger partial charge on any atom is 0.283 e. The van der Waals surface area contributed by atoms with Crippen molar-refractivity contribution in [2.24, 2.45) is 0 Å². The highest BCUT2D eigenvalue weighted by Crippen LogP contribution is 2.19. The molecule has 2 aromatic heterocycles. The number of hydrogen-bond donors (Lipinski definition) is 1. The Hall–Kier alpha value is -1.21. The van der Waals surface area contributed by atoms with Gasteiger partial charge in [-0.15, -0.1) is 11.3 Å². The molecular weight excluding hydrogens is 328 g/mol. The molecule has 0 spiro atoms. The van der Waals surface area contributed by atoms with Crippen LogP contribution in [0.25, 0.3) is 0 Å². The van der Waals surface area contributed by atoms with Crippen LogP contribution in [0.15, 0.2) is 21.7 Å². The Balaban J connectivity index is 2.18. The van der Waals surface area contributed by atoms with Crippen molar-refractivity contribution >= 4 is 33.0 Å². The van der Waals surface area contributed by atoms with Gasteiger partial charge in [0.2, 0.25) is 0 Å². The lowest BCUT2D eigenvalue weighted by Gasteiger charge is -2.11. The number of anilines is 1. The predicted molar refractivity (Wildman–Crippen MR) is 80.8 cm³/mol. The number of aromatic nitrogens is 3. The fourth-order valence-corrected chi connectivity index (χ4v) is 2.76. The van der Waals surface area contributed by atoms with Gasteiger partial charge in [-0.2, -0.15) is 5.10 Å². The van der Waals surface area contributed by atoms with Crippen molar-refractivity contribution in [2.75, 3.05) is 5.32 Å². The highest BCUT2D eigenvalue weighted by atomic mass is 79.9. The molecule has 0 fully saturated rings. The first-order chi connectivity index (χ1) is 8.99. The van der Waals surface area contributed by atoms with Gasteiger partial charge < -0.3 is 5.32 Å². The Kier molecular flexibility index (Phi) is 4.36. The van der Waals surface area contributed by atoms with E-state index in [0.717, 1.165) is 9.88 Å². The standard InChI is InChI=1S/C12H15BrN4OS/c1-7(2)17-12(18)11(13)10(6-16-17)15-5-9-4-14-8(3)19-9/h4,6-7,15H,5H2,1-3H3.